The van der Waals surface area contributed by atoms with Crippen LogP contribution < -0.4 is 4.90 Å². The van der Waals surface area contributed by atoms with Crippen LogP contribution in [0.5, 0.6) is 0 Å². The summed E-state index contributed by atoms with van der Waals surface area (Å²) < 4.78 is 1.84. The zero-order valence-corrected chi connectivity index (χ0v) is 18.4. The van der Waals surface area contributed by atoms with Crippen LogP contribution in [0.2, 0.25) is 0 Å². The summed E-state index contributed by atoms with van der Waals surface area (Å²) in [5.74, 6) is 0.230. The van der Waals surface area contributed by atoms with Gasteiger partial charge in [0.1, 0.15) is 0 Å². The molecule has 3 aromatic heterocycles. The average Bonchev–Trinajstić information content (AvgIpc) is 2.90. The van der Waals surface area contributed by atoms with Crippen molar-refractivity contribution in [2.45, 2.75) is 40.0 Å². The number of aromatic nitrogens is 4. The van der Waals surface area contributed by atoms with Gasteiger partial charge in [-0.3, -0.25) is 14.5 Å². The molecule has 0 radical (unpaired) electrons. The maximum Gasteiger partial charge on any atom is 0.222 e. The first-order chi connectivity index (χ1) is 14.5. The van der Waals surface area contributed by atoms with E-state index >= 15 is 0 Å². The predicted molar refractivity (Wildman–Crippen MR) is 119 cm³/mol. The van der Waals surface area contributed by atoms with E-state index in [1.165, 1.54) is 16.8 Å². The van der Waals surface area contributed by atoms with E-state index in [1.54, 1.807) is 0 Å². The van der Waals surface area contributed by atoms with Crippen LogP contribution in [-0.2, 0) is 18.3 Å². The Morgan fingerprint density at radius 1 is 1.03 bits per heavy atom. The molecule has 158 valence electrons. The van der Waals surface area contributed by atoms with Crippen LogP contribution in [-0.4, -0.2) is 56.7 Å². The van der Waals surface area contributed by atoms with Gasteiger partial charge in [-0.1, -0.05) is 0 Å². The lowest BCUT2D eigenvalue weighted by Crippen LogP contribution is -2.35. The lowest BCUT2D eigenvalue weighted by Gasteiger charge is -2.23. The van der Waals surface area contributed by atoms with Gasteiger partial charge in [0.25, 0.3) is 0 Å². The van der Waals surface area contributed by atoms with Crippen molar-refractivity contribution in [3.63, 3.8) is 0 Å². The van der Waals surface area contributed by atoms with Gasteiger partial charge in [0.2, 0.25) is 5.91 Å². The fraction of sp³-hybridized carbons (Fsp3) is 0.478. The van der Waals surface area contributed by atoms with Gasteiger partial charge in [0, 0.05) is 68.8 Å². The molecule has 1 fully saturated rings. The van der Waals surface area contributed by atoms with Crippen LogP contribution >= 0.6 is 0 Å². The van der Waals surface area contributed by atoms with Crippen molar-refractivity contribution >= 4 is 22.6 Å². The maximum absolute atomic E-state index is 13.0. The van der Waals surface area contributed by atoms with Gasteiger partial charge in [0.05, 0.1) is 5.69 Å². The molecule has 0 bridgehead atoms. The molecule has 0 unspecified atom stereocenters. The number of carbonyl (C=O) groups excluding carboxylic acids is 1. The molecule has 0 saturated carbocycles. The molecule has 0 spiro atoms. The average molecular weight is 407 g/mol. The standard InChI is InChI=1S/C23H30N6O/c1-16-20(17(2)25-23-22(16)18(3)26-27(23)4)6-7-21(30)29-13-5-12-28(14-15-29)19-8-10-24-11-9-19/h8-11H,5-7,12-15H2,1-4H3. The first kappa shape index (κ1) is 20.3. The highest BCUT2D eigenvalue weighted by Gasteiger charge is 2.21. The minimum absolute atomic E-state index is 0.230. The molecule has 0 aliphatic carbocycles. The SMILES string of the molecule is Cc1nc2c(c(C)nn2C)c(C)c1CCC(=O)N1CCCN(c2ccncc2)CC1. The minimum atomic E-state index is 0.230. The number of aryl methyl sites for hydroxylation is 4. The highest BCUT2D eigenvalue weighted by Crippen LogP contribution is 2.26. The largest absolute Gasteiger partial charge is 0.370 e. The Balaban J connectivity index is 1.43. The summed E-state index contributed by atoms with van der Waals surface area (Å²) in [7, 11) is 1.93. The first-order valence-electron chi connectivity index (χ1n) is 10.7. The Morgan fingerprint density at radius 2 is 1.80 bits per heavy atom. The van der Waals surface area contributed by atoms with E-state index in [1.807, 2.05) is 55.0 Å². The normalized spacial score (nSPS) is 14.9. The molecule has 0 aromatic carbocycles. The summed E-state index contributed by atoms with van der Waals surface area (Å²) in [5.41, 5.74) is 6.47. The first-order valence-corrected chi connectivity index (χ1v) is 10.7. The Hall–Kier alpha value is -2.96. The van der Waals surface area contributed by atoms with Crippen LogP contribution in [0.4, 0.5) is 5.69 Å². The van der Waals surface area contributed by atoms with Crippen molar-refractivity contribution in [2.24, 2.45) is 7.05 Å². The predicted octanol–water partition coefficient (Wildman–Crippen LogP) is 2.96. The Morgan fingerprint density at radius 3 is 2.57 bits per heavy atom. The van der Waals surface area contributed by atoms with Gasteiger partial charge in [-0.15, -0.1) is 0 Å². The molecule has 1 aliphatic rings. The van der Waals surface area contributed by atoms with E-state index in [0.29, 0.717) is 6.42 Å². The molecule has 4 rings (SSSR count). The van der Waals surface area contributed by atoms with Crippen LogP contribution in [0, 0.1) is 20.8 Å². The highest BCUT2D eigenvalue weighted by molar-refractivity contribution is 5.84. The third-order valence-electron chi connectivity index (χ3n) is 6.20. The van der Waals surface area contributed by atoms with Crippen LogP contribution in [0.25, 0.3) is 11.0 Å². The number of rotatable bonds is 4. The van der Waals surface area contributed by atoms with Crippen molar-refractivity contribution in [3.8, 4) is 0 Å². The number of carbonyl (C=O) groups is 1. The van der Waals surface area contributed by atoms with Gasteiger partial charge in [-0.2, -0.15) is 5.10 Å². The summed E-state index contributed by atoms with van der Waals surface area (Å²) in [6.45, 7) is 9.59. The zero-order chi connectivity index (χ0) is 21.3. The molecule has 1 saturated heterocycles. The maximum atomic E-state index is 13.0. The number of amides is 1. The smallest absolute Gasteiger partial charge is 0.222 e. The number of hydrogen-bond acceptors (Lipinski definition) is 5. The van der Waals surface area contributed by atoms with Gasteiger partial charge in [-0.05, 0) is 56.9 Å². The molecule has 30 heavy (non-hydrogen) atoms. The fourth-order valence-corrected chi connectivity index (χ4v) is 4.60. The van der Waals surface area contributed by atoms with E-state index < -0.39 is 0 Å². The molecular formula is C23H30N6O. The molecule has 1 aliphatic heterocycles. The molecule has 7 heteroatoms. The summed E-state index contributed by atoms with van der Waals surface area (Å²) in [4.78, 5) is 26.2. The van der Waals surface area contributed by atoms with Crippen molar-refractivity contribution in [3.05, 3.63) is 47.0 Å². The number of anilines is 1. The zero-order valence-electron chi connectivity index (χ0n) is 18.4. The van der Waals surface area contributed by atoms with E-state index in [-0.39, 0.29) is 5.91 Å². The molecule has 7 nitrogen and oxygen atoms in total. The molecular weight excluding hydrogens is 376 g/mol. The third kappa shape index (κ3) is 3.88. The Bertz CT molecular complexity index is 1060. The van der Waals surface area contributed by atoms with Crippen LogP contribution in [0.1, 0.15) is 35.4 Å². The van der Waals surface area contributed by atoms with Crippen molar-refractivity contribution in [1.82, 2.24) is 24.6 Å². The summed E-state index contributed by atoms with van der Waals surface area (Å²) in [6.07, 6.45) is 5.86. The van der Waals surface area contributed by atoms with Gasteiger partial charge in [-0.25, -0.2) is 4.98 Å². The van der Waals surface area contributed by atoms with E-state index in [0.717, 1.165) is 61.4 Å². The molecule has 3 aromatic rings. The lowest BCUT2D eigenvalue weighted by atomic mass is 9.99. The number of fused-ring (bicyclic) bond motifs is 1. The number of pyridine rings is 2. The van der Waals surface area contributed by atoms with Gasteiger partial charge >= 0.3 is 0 Å². The summed E-state index contributed by atoms with van der Waals surface area (Å²) >= 11 is 0. The van der Waals surface area contributed by atoms with Crippen molar-refractivity contribution in [1.29, 1.82) is 0 Å². The Kier molecular flexibility index (Phi) is 5.70. The molecule has 0 atom stereocenters. The lowest BCUT2D eigenvalue weighted by molar-refractivity contribution is -0.130. The second kappa shape index (κ2) is 8.42. The molecule has 1 amide bonds. The fourth-order valence-electron chi connectivity index (χ4n) is 4.60. The topological polar surface area (TPSA) is 67.2 Å². The molecule has 4 heterocycles. The highest BCUT2D eigenvalue weighted by atomic mass is 16.2. The number of hydrogen-bond donors (Lipinski definition) is 0. The van der Waals surface area contributed by atoms with Gasteiger partial charge in [0.15, 0.2) is 5.65 Å². The summed E-state index contributed by atoms with van der Waals surface area (Å²) in [6, 6.07) is 4.07. The van der Waals surface area contributed by atoms with Gasteiger partial charge < -0.3 is 9.80 Å². The second-order valence-corrected chi connectivity index (χ2v) is 8.14. The minimum Gasteiger partial charge on any atom is -0.370 e. The van der Waals surface area contributed by atoms with Crippen LogP contribution in [0.15, 0.2) is 24.5 Å². The quantitative estimate of drug-likeness (QED) is 0.666. The monoisotopic (exact) mass is 406 g/mol. The Labute approximate surface area is 177 Å². The van der Waals surface area contributed by atoms with E-state index in [4.69, 9.17) is 4.98 Å². The summed E-state index contributed by atoms with van der Waals surface area (Å²) in [5, 5.41) is 5.63. The molecule has 0 N–H and O–H groups in total. The van der Waals surface area contributed by atoms with Crippen molar-refractivity contribution in [2.75, 3.05) is 31.1 Å². The van der Waals surface area contributed by atoms with Crippen molar-refractivity contribution < 1.29 is 4.79 Å². The second-order valence-electron chi connectivity index (χ2n) is 8.14. The van der Waals surface area contributed by atoms with E-state index in [9.17, 15) is 4.79 Å². The van der Waals surface area contributed by atoms with Crippen LogP contribution in [0.3, 0.4) is 0 Å². The number of nitrogens with zero attached hydrogens (tertiary/aromatic N) is 6. The third-order valence-corrected chi connectivity index (χ3v) is 6.20. The van der Waals surface area contributed by atoms with E-state index in [2.05, 4.69) is 21.9 Å².